The van der Waals surface area contributed by atoms with Crippen LogP contribution in [0.3, 0.4) is 0 Å². The summed E-state index contributed by atoms with van der Waals surface area (Å²) in [4.78, 5) is 26.9. The number of carbonyl (C=O) groups excluding carboxylic acids is 2. The Kier molecular flexibility index (Phi) is 3.47. The van der Waals surface area contributed by atoms with E-state index in [9.17, 15) is 14.7 Å². The van der Waals surface area contributed by atoms with Crippen molar-refractivity contribution in [2.45, 2.75) is 25.0 Å². The summed E-state index contributed by atoms with van der Waals surface area (Å²) in [5.74, 6) is -1.08. The highest BCUT2D eigenvalue weighted by Crippen LogP contribution is 2.52. The van der Waals surface area contributed by atoms with Crippen molar-refractivity contribution in [3.8, 4) is 5.75 Å². The fraction of sp³-hybridized carbons (Fsp3) is 0.444. The summed E-state index contributed by atoms with van der Waals surface area (Å²) in [7, 11) is 0. The smallest absolute Gasteiger partial charge is 0.241 e. The largest absolute Gasteiger partial charge is 0.494 e. The van der Waals surface area contributed by atoms with Gasteiger partial charge in [0.05, 0.1) is 36.8 Å². The van der Waals surface area contributed by atoms with Gasteiger partial charge < -0.3 is 14.6 Å². The van der Waals surface area contributed by atoms with Gasteiger partial charge in [-0.1, -0.05) is 19.1 Å². The van der Waals surface area contributed by atoms with Crippen molar-refractivity contribution < 1.29 is 24.2 Å². The molecule has 0 unspecified atom stereocenters. The van der Waals surface area contributed by atoms with E-state index in [0.717, 1.165) is 6.42 Å². The van der Waals surface area contributed by atoms with E-state index >= 15 is 0 Å². The summed E-state index contributed by atoms with van der Waals surface area (Å²) in [5.41, 5.74) is -0.531. The molecule has 6 heteroatoms. The molecule has 2 fully saturated rings. The molecule has 126 valence electrons. The predicted molar refractivity (Wildman–Crippen MR) is 85.5 cm³/mol. The molecule has 3 aliphatic rings. The lowest BCUT2D eigenvalue weighted by Crippen LogP contribution is -2.43. The summed E-state index contributed by atoms with van der Waals surface area (Å²) >= 11 is 0. The van der Waals surface area contributed by atoms with E-state index in [4.69, 9.17) is 9.47 Å². The molecule has 24 heavy (non-hydrogen) atoms. The van der Waals surface area contributed by atoms with Gasteiger partial charge in [-0.05, 0) is 30.7 Å². The number of rotatable bonds is 5. The van der Waals surface area contributed by atoms with E-state index < -0.39 is 23.5 Å². The lowest BCUT2D eigenvalue weighted by Gasteiger charge is -2.26. The molecule has 3 heterocycles. The van der Waals surface area contributed by atoms with Crippen LogP contribution in [0.5, 0.6) is 5.75 Å². The summed E-state index contributed by atoms with van der Waals surface area (Å²) in [6.07, 6.45) is 3.96. The highest BCUT2D eigenvalue weighted by molar-refractivity contribution is 6.23. The minimum absolute atomic E-state index is 0.267. The molecule has 1 N–H and O–H groups in total. The fourth-order valence-electron chi connectivity index (χ4n) is 3.85. The molecule has 2 saturated heterocycles. The number of fused-ring (bicyclic) bond motifs is 5. The third kappa shape index (κ3) is 1.96. The van der Waals surface area contributed by atoms with Gasteiger partial charge in [-0.15, -0.1) is 0 Å². The molecule has 0 aliphatic carbocycles. The number of nitrogens with zero attached hydrogens (tertiary/aromatic N) is 1. The maximum Gasteiger partial charge on any atom is 0.241 e. The highest BCUT2D eigenvalue weighted by Gasteiger charge is 2.67. The minimum atomic E-state index is -1.05. The standard InChI is InChI=1S/C18H19NO5/c1-2-9-23-12-5-3-11(4-6-12)19-16(21)14-13-7-8-18(10-20,24-13)15(14)17(19)22/h3-8,13-15,20H,2,9-10H2,1H3/t13-,14+,15-,18+/m0/s1. The number of benzene rings is 1. The molecule has 4 atom stereocenters. The maximum atomic E-state index is 12.9. The van der Waals surface area contributed by atoms with Gasteiger partial charge in [0.1, 0.15) is 11.4 Å². The van der Waals surface area contributed by atoms with Crippen LogP contribution in [0.4, 0.5) is 5.69 Å². The average Bonchev–Trinajstić information content (AvgIpc) is 3.25. The predicted octanol–water partition coefficient (Wildman–Crippen LogP) is 1.28. The lowest BCUT2D eigenvalue weighted by molar-refractivity contribution is -0.128. The third-order valence-corrected chi connectivity index (χ3v) is 4.97. The van der Waals surface area contributed by atoms with Crippen LogP contribution in [-0.2, 0) is 14.3 Å². The molecule has 0 spiro atoms. The number of amides is 2. The summed E-state index contributed by atoms with van der Waals surface area (Å²) in [6, 6.07) is 6.93. The van der Waals surface area contributed by atoms with Crippen LogP contribution in [0, 0.1) is 11.8 Å². The van der Waals surface area contributed by atoms with Crippen molar-refractivity contribution in [1.82, 2.24) is 0 Å². The molecule has 0 saturated carbocycles. The molecule has 2 bridgehead atoms. The Balaban J connectivity index is 1.62. The Morgan fingerprint density at radius 1 is 1.25 bits per heavy atom. The molecule has 1 aromatic rings. The van der Waals surface area contributed by atoms with Crippen LogP contribution in [0.15, 0.2) is 36.4 Å². The van der Waals surface area contributed by atoms with Gasteiger partial charge in [-0.3, -0.25) is 9.59 Å². The Morgan fingerprint density at radius 2 is 2.00 bits per heavy atom. The van der Waals surface area contributed by atoms with Gasteiger partial charge in [0.25, 0.3) is 0 Å². The maximum absolute atomic E-state index is 12.9. The van der Waals surface area contributed by atoms with Gasteiger partial charge in [0.2, 0.25) is 11.8 Å². The van der Waals surface area contributed by atoms with Crippen molar-refractivity contribution in [1.29, 1.82) is 0 Å². The monoisotopic (exact) mass is 329 g/mol. The van der Waals surface area contributed by atoms with E-state index in [1.165, 1.54) is 4.90 Å². The number of ether oxygens (including phenoxy) is 2. The van der Waals surface area contributed by atoms with Gasteiger partial charge in [-0.2, -0.15) is 0 Å². The zero-order chi connectivity index (χ0) is 16.9. The summed E-state index contributed by atoms with van der Waals surface area (Å²) in [6.45, 7) is 2.34. The quantitative estimate of drug-likeness (QED) is 0.650. The molecule has 6 nitrogen and oxygen atoms in total. The molecule has 1 aromatic carbocycles. The van der Waals surface area contributed by atoms with Crippen molar-refractivity contribution >= 4 is 17.5 Å². The second-order valence-corrected chi connectivity index (χ2v) is 6.41. The number of hydrogen-bond donors (Lipinski definition) is 1. The van der Waals surface area contributed by atoms with E-state index in [0.29, 0.717) is 18.0 Å². The minimum Gasteiger partial charge on any atom is -0.494 e. The molecule has 4 rings (SSSR count). The second kappa shape index (κ2) is 5.43. The molecule has 3 aliphatic heterocycles. The molecule has 2 amide bonds. The van der Waals surface area contributed by atoms with Crippen LogP contribution >= 0.6 is 0 Å². The lowest BCUT2D eigenvalue weighted by atomic mass is 9.77. The first-order valence-electron chi connectivity index (χ1n) is 8.20. The fourth-order valence-corrected chi connectivity index (χ4v) is 3.85. The first kappa shape index (κ1) is 15.4. The number of aliphatic hydroxyl groups is 1. The van der Waals surface area contributed by atoms with Gasteiger partial charge in [0.15, 0.2) is 0 Å². The molecule has 0 radical (unpaired) electrons. The summed E-state index contributed by atoms with van der Waals surface area (Å²) in [5, 5.41) is 9.70. The Labute approximate surface area is 139 Å². The van der Waals surface area contributed by atoms with Gasteiger partial charge in [0, 0.05) is 0 Å². The third-order valence-electron chi connectivity index (χ3n) is 4.97. The van der Waals surface area contributed by atoms with E-state index in [2.05, 4.69) is 0 Å². The Bertz CT molecular complexity index is 713. The topological polar surface area (TPSA) is 76.1 Å². The van der Waals surface area contributed by atoms with Crippen LogP contribution < -0.4 is 9.64 Å². The molecular formula is C18H19NO5. The summed E-state index contributed by atoms with van der Waals surface area (Å²) < 4.78 is 11.2. The van der Waals surface area contributed by atoms with Gasteiger partial charge in [-0.25, -0.2) is 4.90 Å². The van der Waals surface area contributed by atoms with Crippen LogP contribution in [0.25, 0.3) is 0 Å². The first-order chi connectivity index (χ1) is 11.6. The van der Waals surface area contributed by atoms with Crippen molar-refractivity contribution in [3.63, 3.8) is 0 Å². The highest BCUT2D eigenvalue weighted by atomic mass is 16.5. The molecule has 0 aromatic heterocycles. The van der Waals surface area contributed by atoms with Crippen LogP contribution in [0.2, 0.25) is 0 Å². The van der Waals surface area contributed by atoms with Crippen LogP contribution in [0.1, 0.15) is 13.3 Å². The van der Waals surface area contributed by atoms with Crippen molar-refractivity contribution in [2.75, 3.05) is 18.1 Å². The molecular weight excluding hydrogens is 310 g/mol. The van der Waals surface area contributed by atoms with Crippen molar-refractivity contribution in [2.24, 2.45) is 11.8 Å². The van der Waals surface area contributed by atoms with E-state index in [1.807, 2.05) is 6.92 Å². The van der Waals surface area contributed by atoms with E-state index in [1.54, 1.807) is 36.4 Å². The first-order valence-corrected chi connectivity index (χ1v) is 8.20. The number of carbonyl (C=O) groups is 2. The average molecular weight is 329 g/mol. The SMILES string of the molecule is CCCOc1ccc(N2C(=O)[C@@H]3[C@@H]4C=C[C@](CO)(O4)[C@@H]3C2=O)cc1. The Morgan fingerprint density at radius 3 is 2.67 bits per heavy atom. The zero-order valence-electron chi connectivity index (χ0n) is 13.3. The number of hydrogen-bond acceptors (Lipinski definition) is 5. The van der Waals surface area contributed by atoms with E-state index in [-0.39, 0.29) is 18.4 Å². The van der Waals surface area contributed by atoms with Crippen LogP contribution in [-0.4, -0.2) is 41.8 Å². The normalized spacial score (nSPS) is 33.4. The Hall–Kier alpha value is -2.18. The number of anilines is 1. The van der Waals surface area contributed by atoms with Gasteiger partial charge >= 0.3 is 0 Å². The number of aliphatic hydroxyl groups excluding tert-OH is 1. The second-order valence-electron chi connectivity index (χ2n) is 6.41. The van der Waals surface area contributed by atoms with Crippen molar-refractivity contribution in [3.05, 3.63) is 36.4 Å². The number of imide groups is 1. The zero-order valence-corrected chi connectivity index (χ0v) is 13.3.